The van der Waals surface area contributed by atoms with E-state index >= 15 is 0 Å². The molecular formula is C14H21NO3. The summed E-state index contributed by atoms with van der Waals surface area (Å²) in [6.45, 7) is 5.97. The second kappa shape index (κ2) is 5.87. The average molecular weight is 251 g/mol. The van der Waals surface area contributed by atoms with Gasteiger partial charge >= 0.3 is 5.97 Å². The van der Waals surface area contributed by atoms with Gasteiger partial charge in [-0.15, -0.1) is 0 Å². The molecule has 0 saturated heterocycles. The van der Waals surface area contributed by atoms with Gasteiger partial charge < -0.3 is 15.6 Å². The van der Waals surface area contributed by atoms with Crippen LogP contribution in [0.1, 0.15) is 32.8 Å². The van der Waals surface area contributed by atoms with Crippen molar-refractivity contribution in [2.45, 2.75) is 45.3 Å². The van der Waals surface area contributed by atoms with Crippen molar-refractivity contribution in [3.05, 3.63) is 29.8 Å². The predicted molar refractivity (Wildman–Crippen MR) is 70.8 cm³/mol. The molecule has 0 aromatic heterocycles. The Balaban J connectivity index is 2.57. The Bertz CT molecular complexity index is 392. The minimum atomic E-state index is -0.866. The zero-order valence-electron chi connectivity index (χ0n) is 11.1. The number of benzene rings is 1. The molecular weight excluding hydrogens is 230 g/mol. The Morgan fingerprint density at radius 2 is 1.89 bits per heavy atom. The van der Waals surface area contributed by atoms with Crippen molar-refractivity contribution in [1.82, 2.24) is 0 Å². The predicted octanol–water partition coefficient (Wildman–Crippen LogP) is 2.21. The lowest BCUT2D eigenvalue weighted by Crippen LogP contribution is -2.26. The molecule has 0 spiro atoms. The van der Waals surface area contributed by atoms with E-state index in [0.29, 0.717) is 6.42 Å². The average Bonchev–Trinajstić information content (AvgIpc) is 2.17. The van der Waals surface area contributed by atoms with E-state index < -0.39 is 5.97 Å². The van der Waals surface area contributed by atoms with Crippen molar-refractivity contribution >= 4 is 5.97 Å². The first kappa shape index (κ1) is 14.5. The molecule has 1 aromatic rings. The maximum Gasteiger partial charge on any atom is 0.304 e. The van der Waals surface area contributed by atoms with Crippen LogP contribution in [0.3, 0.4) is 0 Å². The van der Waals surface area contributed by atoms with Gasteiger partial charge in [0.1, 0.15) is 11.4 Å². The van der Waals surface area contributed by atoms with Gasteiger partial charge in [0.15, 0.2) is 0 Å². The number of carboxylic acid groups (broad SMARTS) is 1. The molecule has 0 heterocycles. The van der Waals surface area contributed by atoms with E-state index in [0.717, 1.165) is 11.3 Å². The molecule has 1 rings (SSSR count). The molecule has 1 unspecified atom stereocenters. The standard InChI is InChI=1S/C14H21NO3/c1-14(2,3)18-12-6-4-10(5-7-12)8-11(15)9-13(16)17/h4-7,11H,8-9,15H2,1-3H3,(H,16,17). The maximum atomic E-state index is 10.5. The highest BCUT2D eigenvalue weighted by atomic mass is 16.5. The van der Waals surface area contributed by atoms with E-state index in [2.05, 4.69) is 0 Å². The number of ether oxygens (including phenoxy) is 1. The van der Waals surface area contributed by atoms with E-state index in [1.807, 2.05) is 45.0 Å². The Labute approximate surface area is 108 Å². The molecule has 0 bridgehead atoms. The van der Waals surface area contributed by atoms with Crippen molar-refractivity contribution in [3.63, 3.8) is 0 Å². The number of nitrogens with two attached hydrogens (primary N) is 1. The van der Waals surface area contributed by atoms with Gasteiger partial charge in [-0.05, 0) is 44.9 Å². The summed E-state index contributed by atoms with van der Waals surface area (Å²) in [7, 11) is 0. The summed E-state index contributed by atoms with van der Waals surface area (Å²) in [6.07, 6.45) is 0.544. The van der Waals surface area contributed by atoms with Gasteiger partial charge in [-0.1, -0.05) is 12.1 Å². The van der Waals surface area contributed by atoms with Gasteiger partial charge in [0.2, 0.25) is 0 Å². The molecule has 4 heteroatoms. The quantitative estimate of drug-likeness (QED) is 0.841. The van der Waals surface area contributed by atoms with E-state index in [4.69, 9.17) is 15.6 Å². The maximum absolute atomic E-state index is 10.5. The van der Waals surface area contributed by atoms with Gasteiger partial charge in [-0.2, -0.15) is 0 Å². The zero-order chi connectivity index (χ0) is 13.8. The second-order valence-corrected chi connectivity index (χ2v) is 5.42. The van der Waals surface area contributed by atoms with Crippen LogP contribution in [-0.2, 0) is 11.2 Å². The summed E-state index contributed by atoms with van der Waals surface area (Å²) in [5.74, 6) is -0.0618. The minimum absolute atomic E-state index is 0.0136. The molecule has 0 aliphatic carbocycles. The monoisotopic (exact) mass is 251 g/mol. The third-order valence-corrected chi connectivity index (χ3v) is 2.28. The number of carbonyl (C=O) groups is 1. The van der Waals surface area contributed by atoms with Crippen molar-refractivity contribution in [2.24, 2.45) is 5.73 Å². The largest absolute Gasteiger partial charge is 0.488 e. The van der Waals surface area contributed by atoms with Crippen LogP contribution in [-0.4, -0.2) is 22.7 Å². The fourth-order valence-electron chi connectivity index (χ4n) is 1.65. The Morgan fingerprint density at radius 3 is 2.33 bits per heavy atom. The third-order valence-electron chi connectivity index (χ3n) is 2.28. The highest BCUT2D eigenvalue weighted by Gasteiger charge is 2.12. The SMILES string of the molecule is CC(C)(C)Oc1ccc(CC(N)CC(=O)O)cc1. The number of hydrogen-bond acceptors (Lipinski definition) is 3. The number of carboxylic acids is 1. The molecule has 0 aliphatic rings. The zero-order valence-corrected chi connectivity index (χ0v) is 11.1. The molecule has 0 radical (unpaired) electrons. The lowest BCUT2D eigenvalue weighted by atomic mass is 10.0. The smallest absolute Gasteiger partial charge is 0.304 e. The first-order valence-electron chi connectivity index (χ1n) is 6.01. The number of rotatable bonds is 5. The van der Waals surface area contributed by atoms with E-state index in [-0.39, 0.29) is 18.1 Å². The Morgan fingerprint density at radius 1 is 1.33 bits per heavy atom. The van der Waals surface area contributed by atoms with E-state index in [9.17, 15) is 4.79 Å². The molecule has 4 nitrogen and oxygen atoms in total. The third kappa shape index (κ3) is 5.68. The van der Waals surface area contributed by atoms with Crippen LogP contribution in [0.4, 0.5) is 0 Å². The number of hydrogen-bond donors (Lipinski definition) is 2. The summed E-state index contributed by atoms with van der Waals surface area (Å²) < 4.78 is 5.70. The molecule has 0 amide bonds. The summed E-state index contributed by atoms with van der Waals surface area (Å²) in [5.41, 5.74) is 6.53. The van der Waals surface area contributed by atoms with E-state index in [1.54, 1.807) is 0 Å². The molecule has 0 saturated carbocycles. The second-order valence-electron chi connectivity index (χ2n) is 5.42. The molecule has 1 aromatic carbocycles. The van der Waals surface area contributed by atoms with Gasteiger partial charge in [-0.25, -0.2) is 0 Å². The van der Waals surface area contributed by atoms with Crippen LogP contribution >= 0.6 is 0 Å². The fourth-order valence-corrected chi connectivity index (χ4v) is 1.65. The molecule has 0 fully saturated rings. The van der Waals surface area contributed by atoms with Gasteiger partial charge in [0, 0.05) is 6.04 Å². The molecule has 3 N–H and O–H groups in total. The van der Waals surface area contributed by atoms with Crippen LogP contribution in [0, 0.1) is 0 Å². The van der Waals surface area contributed by atoms with Crippen LogP contribution in [0.25, 0.3) is 0 Å². The van der Waals surface area contributed by atoms with Crippen molar-refractivity contribution in [2.75, 3.05) is 0 Å². The summed E-state index contributed by atoms with van der Waals surface area (Å²) in [5, 5.41) is 8.63. The van der Waals surface area contributed by atoms with Gasteiger partial charge in [0.05, 0.1) is 6.42 Å². The molecule has 1 atom stereocenters. The topological polar surface area (TPSA) is 72.5 Å². The summed E-state index contributed by atoms with van der Waals surface area (Å²) in [6, 6.07) is 7.25. The van der Waals surface area contributed by atoms with E-state index in [1.165, 1.54) is 0 Å². The van der Waals surface area contributed by atoms with Gasteiger partial charge in [0.25, 0.3) is 0 Å². The summed E-state index contributed by atoms with van der Waals surface area (Å²) >= 11 is 0. The van der Waals surface area contributed by atoms with Crippen molar-refractivity contribution in [1.29, 1.82) is 0 Å². The molecule has 100 valence electrons. The fraction of sp³-hybridized carbons (Fsp3) is 0.500. The number of aliphatic carboxylic acids is 1. The van der Waals surface area contributed by atoms with Crippen LogP contribution < -0.4 is 10.5 Å². The van der Waals surface area contributed by atoms with Crippen LogP contribution in [0.2, 0.25) is 0 Å². The molecule has 18 heavy (non-hydrogen) atoms. The Kier molecular flexibility index (Phi) is 4.73. The lowest BCUT2D eigenvalue weighted by molar-refractivity contribution is -0.137. The van der Waals surface area contributed by atoms with Gasteiger partial charge in [-0.3, -0.25) is 4.79 Å². The minimum Gasteiger partial charge on any atom is -0.488 e. The molecule has 0 aliphatic heterocycles. The highest BCUT2D eigenvalue weighted by molar-refractivity contribution is 5.67. The van der Waals surface area contributed by atoms with Crippen LogP contribution in [0.5, 0.6) is 5.75 Å². The van der Waals surface area contributed by atoms with Crippen LogP contribution in [0.15, 0.2) is 24.3 Å². The Hall–Kier alpha value is -1.55. The summed E-state index contributed by atoms with van der Waals surface area (Å²) in [4.78, 5) is 10.5. The highest BCUT2D eigenvalue weighted by Crippen LogP contribution is 2.19. The van der Waals surface area contributed by atoms with Crippen molar-refractivity contribution in [3.8, 4) is 5.75 Å². The lowest BCUT2D eigenvalue weighted by Gasteiger charge is -2.21. The first-order chi connectivity index (χ1) is 8.26. The normalized spacial score (nSPS) is 13.1. The first-order valence-corrected chi connectivity index (χ1v) is 6.01. The van der Waals surface area contributed by atoms with Crippen molar-refractivity contribution < 1.29 is 14.6 Å².